The SMILES string of the molecule is CCCNC1CCCCC1Cc1nc(C(C)(C)C)no1. The van der Waals surface area contributed by atoms with Gasteiger partial charge in [0.05, 0.1) is 0 Å². The fourth-order valence-corrected chi connectivity index (χ4v) is 2.92. The van der Waals surface area contributed by atoms with Crippen LogP contribution in [0.25, 0.3) is 0 Å². The zero-order valence-electron chi connectivity index (χ0n) is 13.4. The van der Waals surface area contributed by atoms with Gasteiger partial charge in [0.15, 0.2) is 5.82 Å². The fourth-order valence-electron chi connectivity index (χ4n) is 2.92. The maximum atomic E-state index is 5.46. The molecule has 114 valence electrons. The first-order chi connectivity index (χ1) is 9.50. The van der Waals surface area contributed by atoms with Gasteiger partial charge in [-0.2, -0.15) is 4.98 Å². The molecule has 1 aromatic heterocycles. The molecular weight excluding hydrogens is 250 g/mol. The van der Waals surface area contributed by atoms with Crippen LogP contribution in [0.4, 0.5) is 0 Å². The first-order valence-corrected chi connectivity index (χ1v) is 8.07. The Morgan fingerprint density at radius 2 is 2.00 bits per heavy atom. The molecule has 4 heteroatoms. The van der Waals surface area contributed by atoms with Crippen LogP contribution < -0.4 is 5.32 Å². The van der Waals surface area contributed by atoms with E-state index in [2.05, 4.69) is 43.2 Å². The number of hydrogen-bond donors (Lipinski definition) is 1. The van der Waals surface area contributed by atoms with Gasteiger partial charge in [0.2, 0.25) is 5.89 Å². The third-order valence-corrected chi connectivity index (χ3v) is 4.14. The minimum Gasteiger partial charge on any atom is -0.339 e. The van der Waals surface area contributed by atoms with Crippen LogP contribution in [0, 0.1) is 5.92 Å². The Morgan fingerprint density at radius 1 is 1.25 bits per heavy atom. The summed E-state index contributed by atoms with van der Waals surface area (Å²) in [7, 11) is 0. The van der Waals surface area contributed by atoms with Gasteiger partial charge < -0.3 is 9.84 Å². The molecule has 0 saturated heterocycles. The highest BCUT2D eigenvalue weighted by Crippen LogP contribution is 2.28. The quantitative estimate of drug-likeness (QED) is 0.896. The Bertz CT molecular complexity index is 408. The first-order valence-electron chi connectivity index (χ1n) is 8.07. The van der Waals surface area contributed by atoms with Crippen molar-refractivity contribution >= 4 is 0 Å². The van der Waals surface area contributed by atoms with Crippen molar-refractivity contribution in [3.05, 3.63) is 11.7 Å². The van der Waals surface area contributed by atoms with Crippen LogP contribution in [0.1, 0.15) is 71.5 Å². The number of rotatable bonds is 5. The Labute approximate surface area is 122 Å². The number of aromatic nitrogens is 2. The minimum absolute atomic E-state index is 0.0336. The predicted octanol–water partition coefficient (Wildman–Crippen LogP) is 3.47. The summed E-state index contributed by atoms with van der Waals surface area (Å²) < 4.78 is 5.46. The molecule has 20 heavy (non-hydrogen) atoms. The average molecular weight is 279 g/mol. The van der Waals surface area contributed by atoms with E-state index in [1.54, 1.807) is 0 Å². The standard InChI is InChI=1S/C16H29N3O/c1-5-10-17-13-9-7-6-8-12(13)11-14-18-15(19-20-14)16(2,3)4/h12-13,17H,5-11H2,1-4H3. The molecule has 2 rings (SSSR count). The molecule has 0 radical (unpaired) electrons. The molecule has 0 aliphatic heterocycles. The van der Waals surface area contributed by atoms with Gasteiger partial charge in [-0.05, 0) is 31.7 Å². The highest BCUT2D eigenvalue weighted by Gasteiger charge is 2.28. The van der Waals surface area contributed by atoms with E-state index in [9.17, 15) is 0 Å². The van der Waals surface area contributed by atoms with Gasteiger partial charge in [-0.15, -0.1) is 0 Å². The summed E-state index contributed by atoms with van der Waals surface area (Å²) in [6, 6.07) is 0.619. The third-order valence-electron chi connectivity index (χ3n) is 4.14. The normalized spacial score (nSPS) is 24.0. The molecule has 1 fully saturated rings. The average Bonchev–Trinajstić information content (AvgIpc) is 2.86. The number of nitrogens with zero attached hydrogens (tertiary/aromatic N) is 2. The highest BCUT2D eigenvalue weighted by atomic mass is 16.5. The Hall–Kier alpha value is -0.900. The second-order valence-electron chi connectivity index (χ2n) is 7.07. The van der Waals surface area contributed by atoms with Crippen molar-refractivity contribution in [3.8, 4) is 0 Å². The number of nitrogens with one attached hydrogen (secondary N) is 1. The van der Waals surface area contributed by atoms with Gasteiger partial charge in [-0.1, -0.05) is 45.7 Å². The zero-order valence-corrected chi connectivity index (χ0v) is 13.4. The molecule has 0 amide bonds. The van der Waals surface area contributed by atoms with Gasteiger partial charge in [0.1, 0.15) is 0 Å². The molecule has 1 aromatic rings. The van der Waals surface area contributed by atoms with Crippen molar-refractivity contribution in [1.82, 2.24) is 15.5 Å². The monoisotopic (exact) mass is 279 g/mol. The van der Waals surface area contributed by atoms with Crippen molar-refractivity contribution in [1.29, 1.82) is 0 Å². The summed E-state index contributed by atoms with van der Waals surface area (Å²) in [5, 5.41) is 7.82. The van der Waals surface area contributed by atoms with E-state index < -0.39 is 0 Å². The zero-order chi connectivity index (χ0) is 14.6. The van der Waals surface area contributed by atoms with Crippen molar-refractivity contribution < 1.29 is 4.52 Å². The van der Waals surface area contributed by atoms with Crippen LogP contribution in [0.5, 0.6) is 0 Å². The molecule has 1 aliphatic carbocycles. The van der Waals surface area contributed by atoms with Gasteiger partial charge in [-0.3, -0.25) is 0 Å². The van der Waals surface area contributed by atoms with E-state index in [0.29, 0.717) is 12.0 Å². The van der Waals surface area contributed by atoms with Gasteiger partial charge >= 0.3 is 0 Å². The van der Waals surface area contributed by atoms with Gasteiger partial charge in [-0.25, -0.2) is 0 Å². The molecular formula is C16H29N3O. The first kappa shape index (κ1) is 15.5. The maximum Gasteiger partial charge on any atom is 0.226 e. The summed E-state index contributed by atoms with van der Waals surface area (Å²) in [6.07, 6.45) is 7.34. The lowest BCUT2D eigenvalue weighted by Crippen LogP contribution is -2.39. The lowest BCUT2D eigenvalue weighted by molar-refractivity contribution is 0.239. The molecule has 1 aliphatic rings. The van der Waals surface area contributed by atoms with Crippen LogP contribution in [-0.4, -0.2) is 22.7 Å². The van der Waals surface area contributed by atoms with Crippen molar-refractivity contribution in [2.75, 3.05) is 6.54 Å². The topological polar surface area (TPSA) is 51.0 Å². The van der Waals surface area contributed by atoms with Gasteiger partial charge in [0, 0.05) is 17.9 Å². The molecule has 0 spiro atoms. The van der Waals surface area contributed by atoms with Crippen LogP contribution >= 0.6 is 0 Å². The van der Waals surface area contributed by atoms with Crippen molar-refractivity contribution in [2.45, 2.75) is 77.7 Å². The molecule has 2 unspecified atom stereocenters. The van der Waals surface area contributed by atoms with E-state index in [1.807, 2.05) is 0 Å². The molecule has 0 bridgehead atoms. The summed E-state index contributed by atoms with van der Waals surface area (Å²) in [5.74, 6) is 2.27. The second-order valence-corrected chi connectivity index (χ2v) is 7.07. The molecule has 4 nitrogen and oxygen atoms in total. The van der Waals surface area contributed by atoms with E-state index in [-0.39, 0.29) is 5.41 Å². The maximum absolute atomic E-state index is 5.46. The second kappa shape index (κ2) is 6.70. The lowest BCUT2D eigenvalue weighted by atomic mass is 9.82. The van der Waals surface area contributed by atoms with Crippen molar-refractivity contribution in [3.63, 3.8) is 0 Å². The minimum atomic E-state index is -0.0336. The summed E-state index contributed by atoms with van der Waals surface area (Å²) in [5.41, 5.74) is -0.0336. The van der Waals surface area contributed by atoms with Crippen molar-refractivity contribution in [2.24, 2.45) is 5.92 Å². The lowest BCUT2D eigenvalue weighted by Gasteiger charge is -2.31. The van der Waals surface area contributed by atoms with Gasteiger partial charge in [0.25, 0.3) is 0 Å². The Morgan fingerprint density at radius 3 is 2.65 bits per heavy atom. The molecule has 1 saturated carbocycles. The van der Waals surface area contributed by atoms with E-state index in [4.69, 9.17) is 4.52 Å². The van der Waals surface area contributed by atoms with Crippen LogP contribution in [-0.2, 0) is 11.8 Å². The number of hydrogen-bond acceptors (Lipinski definition) is 4. The van der Waals surface area contributed by atoms with Crippen LogP contribution in [0.2, 0.25) is 0 Å². The summed E-state index contributed by atoms with van der Waals surface area (Å²) in [4.78, 5) is 4.58. The third kappa shape index (κ3) is 4.05. The smallest absolute Gasteiger partial charge is 0.226 e. The molecule has 1 heterocycles. The molecule has 0 aromatic carbocycles. The van der Waals surface area contributed by atoms with E-state index >= 15 is 0 Å². The largest absolute Gasteiger partial charge is 0.339 e. The van der Waals surface area contributed by atoms with Crippen LogP contribution in [0.15, 0.2) is 4.52 Å². The molecule has 2 atom stereocenters. The summed E-state index contributed by atoms with van der Waals surface area (Å²) >= 11 is 0. The van der Waals surface area contributed by atoms with E-state index in [1.165, 1.54) is 32.1 Å². The summed E-state index contributed by atoms with van der Waals surface area (Å²) in [6.45, 7) is 9.69. The fraction of sp³-hybridized carbons (Fsp3) is 0.875. The Balaban J connectivity index is 1.97. The van der Waals surface area contributed by atoms with Crippen LogP contribution in [0.3, 0.4) is 0 Å². The van der Waals surface area contributed by atoms with E-state index in [0.717, 1.165) is 24.7 Å². The molecule has 1 N–H and O–H groups in total. The predicted molar refractivity (Wildman–Crippen MR) is 80.7 cm³/mol. The highest BCUT2D eigenvalue weighted by molar-refractivity contribution is 5.01. The Kier molecular flexibility index (Phi) is 5.19.